The molecule has 7 heteroatoms. The lowest BCUT2D eigenvalue weighted by Gasteiger charge is -2.25. The second kappa shape index (κ2) is 5.98. The van der Waals surface area contributed by atoms with Gasteiger partial charge in [0.1, 0.15) is 24.0 Å². The molecule has 1 heterocycles. The van der Waals surface area contributed by atoms with E-state index in [9.17, 15) is 9.59 Å². The van der Waals surface area contributed by atoms with Crippen LogP contribution >= 0.6 is 12.2 Å². The molecule has 1 aromatic rings. The van der Waals surface area contributed by atoms with Crippen molar-refractivity contribution in [2.45, 2.75) is 6.54 Å². The van der Waals surface area contributed by atoms with Crippen molar-refractivity contribution in [2.75, 3.05) is 20.3 Å². The van der Waals surface area contributed by atoms with E-state index >= 15 is 0 Å². The minimum Gasteiger partial charge on any atom is -0.496 e. The predicted octanol–water partition coefficient (Wildman–Crippen LogP) is 0.215. The number of thiocarbonyl (C=S) groups is 1. The zero-order chi connectivity index (χ0) is 14.7. The van der Waals surface area contributed by atoms with Crippen LogP contribution in [0.3, 0.4) is 0 Å². The van der Waals surface area contributed by atoms with Crippen LogP contribution in [0.15, 0.2) is 18.2 Å². The summed E-state index contributed by atoms with van der Waals surface area (Å²) in [6.07, 6.45) is 0. The first-order valence-electron chi connectivity index (χ1n) is 5.90. The normalized spacial score (nSPS) is 15.3. The Hall–Kier alpha value is -1.99. The number of amides is 2. The van der Waals surface area contributed by atoms with Gasteiger partial charge in [0, 0.05) is 0 Å². The Morgan fingerprint density at radius 3 is 2.60 bits per heavy atom. The Kier molecular flexibility index (Phi) is 4.31. The third kappa shape index (κ3) is 2.94. The van der Waals surface area contributed by atoms with Crippen LogP contribution < -0.4 is 10.5 Å². The zero-order valence-corrected chi connectivity index (χ0v) is 11.7. The average Bonchev–Trinajstić information content (AvgIpc) is 2.43. The number of nitrogens with zero attached hydrogens (tertiary/aromatic N) is 1. The molecule has 2 amide bonds. The van der Waals surface area contributed by atoms with Crippen LogP contribution in [0.1, 0.15) is 11.1 Å². The van der Waals surface area contributed by atoms with E-state index in [0.717, 1.165) is 10.5 Å². The van der Waals surface area contributed by atoms with Crippen LogP contribution in [0.25, 0.3) is 0 Å². The van der Waals surface area contributed by atoms with Crippen molar-refractivity contribution in [1.82, 2.24) is 4.90 Å². The maximum Gasteiger partial charge on any atom is 0.255 e. The highest BCUT2D eigenvalue weighted by Gasteiger charge is 2.26. The Morgan fingerprint density at radius 2 is 2.05 bits per heavy atom. The molecule has 2 rings (SSSR count). The van der Waals surface area contributed by atoms with Crippen molar-refractivity contribution in [3.05, 3.63) is 29.3 Å². The van der Waals surface area contributed by atoms with Crippen LogP contribution in [0.5, 0.6) is 5.75 Å². The molecule has 0 saturated carbocycles. The Labute approximate surface area is 121 Å². The van der Waals surface area contributed by atoms with Crippen molar-refractivity contribution >= 4 is 29.0 Å². The number of imide groups is 1. The number of rotatable bonds is 4. The van der Waals surface area contributed by atoms with Gasteiger partial charge in [0.05, 0.1) is 19.2 Å². The van der Waals surface area contributed by atoms with Crippen molar-refractivity contribution in [2.24, 2.45) is 5.73 Å². The van der Waals surface area contributed by atoms with Crippen LogP contribution in [-0.2, 0) is 20.9 Å². The van der Waals surface area contributed by atoms with Gasteiger partial charge in [0.2, 0.25) is 0 Å². The molecule has 1 aliphatic rings. The smallest absolute Gasteiger partial charge is 0.255 e. The SMILES string of the molecule is COc1ccc(CN2C(=O)COCC2=O)cc1C(N)=S. The van der Waals surface area contributed by atoms with E-state index in [1.54, 1.807) is 18.2 Å². The molecule has 1 aromatic carbocycles. The Balaban J connectivity index is 2.25. The van der Waals surface area contributed by atoms with Gasteiger partial charge in [0.15, 0.2) is 0 Å². The van der Waals surface area contributed by atoms with E-state index in [-0.39, 0.29) is 36.6 Å². The summed E-state index contributed by atoms with van der Waals surface area (Å²) in [6, 6.07) is 5.19. The van der Waals surface area contributed by atoms with Gasteiger partial charge in [-0.05, 0) is 17.7 Å². The second-order valence-electron chi connectivity index (χ2n) is 4.27. The quantitative estimate of drug-likeness (QED) is 0.632. The molecule has 1 aliphatic heterocycles. The standard InChI is InChI=1S/C13H14N2O4S/c1-18-10-3-2-8(4-9(10)13(14)20)5-15-11(16)6-19-7-12(15)17/h2-4H,5-7H2,1H3,(H2,14,20). The zero-order valence-electron chi connectivity index (χ0n) is 10.9. The van der Waals surface area contributed by atoms with E-state index < -0.39 is 0 Å². The fourth-order valence-corrected chi connectivity index (χ4v) is 2.09. The minimum atomic E-state index is -0.353. The fraction of sp³-hybridized carbons (Fsp3) is 0.308. The summed E-state index contributed by atoms with van der Waals surface area (Å²) < 4.78 is 10.0. The van der Waals surface area contributed by atoms with Crippen LogP contribution in [0.2, 0.25) is 0 Å². The third-order valence-corrected chi connectivity index (χ3v) is 3.14. The van der Waals surface area contributed by atoms with E-state index in [1.807, 2.05) is 0 Å². The lowest BCUT2D eigenvalue weighted by atomic mass is 10.1. The van der Waals surface area contributed by atoms with E-state index in [2.05, 4.69) is 0 Å². The van der Waals surface area contributed by atoms with Crippen LogP contribution in [0, 0.1) is 0 Å². The molecule has 6 nitrogen and oxygen atoms in total. The highest BCUT2D eigenvalue weighted by molar-refractivity contribution is 7.80. The monoisotopic (exact) mass is 294 g/mol. The number of hydrogen-bond acceptors (Lipinski definition) is 5. The van der Waals surface area contributed by atoms with Crippen LogP contribution in [-0.4, -0.2) is 42.0 Å². The lowest BCUT2D eigenvalue weighted by molar-refractivity contribution is -0.159. The van der Waals surface area contributed by atoms with Crippen molar-refractivity contribution < 1.29 is 19.1 Å². The van der Waals surface area contributed by atoms with Crippen molar-refractivity contribution in [3.8, 4) is 5.75 Å². The van der Waals surface area contributed by atoms with Gasteiger partial charge in [-0.3, -0.25) is 14.5 Å². The minimum absolute atomic E-state index is 0.0793. The molecule has 2 N–H and O–H groups in total. The molecule has 0 radical (unpaired) electrons. The number of nitrogens with two attached hydrogens (primary N) is 1. The average molecular weight is 294 g/mol. The first-order chi connectivity index (χ1) is 9.52. The summed E-state index contributed by atoms with van der Waals surface area (Å²) in [6.45, 7) is 0.00867. The molecule has 0 aromatic heterocycles. The van der Waals surface area contributed by atoms with Gasteiger partial charge in [0.25, 0.3) is 11.8 Å². The largest absolute Gasteiger partial charge is 0.496 e. The topological polar surface area (TPSA) is 81.9 Å². The summed E-state index contributed by atoms with van der Waals surface area (Å²) in [4.78, 5) is 24.7. The molecule has 106 valence electrons. The highest BCUT2D eigenvalue weighted by atomic mass is 32.1. The number of hydrogen-bond donors (Lipinski definition) is 1. The first-order valence-corrected chi connectivity index (χ1v) is 6.31. The molecule has 20 heavy (non-hydrogen) atoms. The summed E-state index contributed by atoms with van der Waals surface area (Å²) in [5, 5.41) is 0. The van der Waals surface area contributed by atoms with Crippen molar-refractivity contribution in [3.63, 3.8) is 0 Å². The lowest BCUT2D eigenvalue weighted by Crippen LogP contribution is -2.45. The summed E-state index contributed by atoms with van der Waals surface area (Å²) in [7, 11) is 1.52. The predicted molar refractivity (Wildman–Crippen MR) is 75.3 cm³/mol. The number of benzene rings is 1. The molecule has 0 atom stereocenters. The van der Waals surface area contributed by atoms with Gasteiger partial charge in [-0.1, -0.05) is 18.3 Å². The molecule has 0 bridgehead atoms. The van der Waals surface area contributed by atoms with Gasteiger partial charge in [-0.2, -0.15) is 0 Å². The van der Waals surface area contributed by atoms with Gasteiger partial charge in [-0.15, -0.1) is 0 Å². The Bertz CT molecular complexity index is 557. The number of ether oxygens (including phenoxy) is 2. The number of methoxy groups -OCH3 is 1. The summed E-state index contributed by atoms with van der Waals surface area (Å²) in [5.41, 5.74) is 6.96. The number of carbonyl (C=O) groups excluding carboxylic acids is 2. The highest BCUT2D eigenvalue weighted by Crippen LogP contribution is 2.21. The maximum atomic E-state index is 11.7. The number of morpholine rings is 1. The summed E-state index contributed by atoms with van der Waals surface area (Å²) >= 11 is 4.96. The third-order valence-electron chi connectivity index (χ3n) is 2.92. The molecular formula is C13H14N2O4S. The van der Waals surface area contributed by atoms with Crippen molar-refractivity contribution in [1.29, 1.82) is 0 Å². The van der Waals surface area contributed by atoms with Crippen LogP contribution in [0.4, 0.5) is 0 Å². The van der Waals surface area contributed by atoms with Gasteiger partial charge in [-0.25, -0.2) is 0 Å². The summed E-state index contributed by atoms with van der Waals surface area (Å²) in [5.74, 6) is -0.149. The molecule has 1 fully saturated rings. The molecular weight excluding hydrogens is 280 g/mol. The fourth-order valence-electron chi connectivity index (χ4n) is 1.93. The van der Waals surface area contributed by atoms with E-state index in [4.69, 9.17) is 27.4 Å². The van der Waals surface area contributed by atoms with Gasteiger partial charge < -0.3 is 15.2 Å². The van der Waals surface area contributed by atoms with E-state index in [0.29, 0.717) is 11.3 Å². The molecule has 0 spiro atoms. The maximum absolute atomic E-state index is 11.7. The first kappa shape index (κ1) is 14.4. The molecule has 0 aliphatic carbocycles. The van der Waals surface area contributed by atoms with Gasteiger partial charge >= 0.3 is 0 Å². The van der Waals surface area contributed by atoms with E-state index in [1.165, 1.54) is 7.11 Å². The second-order valence-corrected chi connectivity index (χ2v) is 4.71. The molecule has 1 saturated heterocycles. The Morgan fingerprint density at radius 1 is 1.40 bits per heavy atom. The molecule has 0 unspecified atom stereocenters. The number of carbonyl (C=O) groups is 2.